The second-order valence-corrected chi connectivity index (χ2v) is 4.54. The second-order valence-electron chi connectivity index (χ2n) is 3.59. The van der Waals surface area contributed by atoms with Gasteiger partial charge in [-0.25, -0.2) is 9.89 Å². The second kappa shape index (κ2) is 7.93. The minimum Gasteiger partial charge on any atom is -0.383 e. The molecule has 1 aromatic heterocycles. The van der Waals surface area contributed by atoms with Gasteiger partial charge in [-0.3, -0.25) is 9.36 Å². The number of H-pyrrole nitrogens is 1. The Kier molecular flexibility index (Phi) is 6.51. The number of aromatic amines is 1. The van der Waals surface area contributed by atoms with E-state index >= 15 is 0 Å². The van der Waals surface area contributed by atoms with Gasteiger partial charge in [-0.05, 0) is 6.42 Å². The van der Waals surface area contributed by atoms with Crippen molar-refractivity contribution in [3.05, 3.63) is 10.5 Å². The molecule has 2 N–H and O–H groups in total. The largest absolute Gasteiger partial charge is 0.383 e. The van der Waals surface area contributed by atoms with Crippen LogP contribution in [0.3, 0.4) is 0 Å². The maximum atomic E-state index is 11.5. The molecule has 0 bridgehead atoms. The van der Waals surface area contributed by atoms with E-state index in [-0.39, 0.29) is 17.3 Å². The van der Waals surface area contributed by atoms with Crippen LogP contribution < -0.4 is 11.0 Å². The van der Waals surface area contributed by atoms with Gasteiger partial charge in [0.25, 0.3) is 0 Å². The van der Waals surface area contributed by atoms with E-state index in [2.05, 4.69) is 15.5 Å². The Hall–Kier alpha value is -1.28. The van der Waals surface area contributed by atoms with E-state index in [0.717, 1.165) is 6.42 Å². The highest BCUT2D eigenvalue weighted by Crippen LogP contribution is 2.12. The van der Waals surface area contributed by atoms with Crippen LogP contribution in [0.5, 0.6) is 0 Å². The quantitative estimate of drug-likeness (QED) is 0.508. The summed E-state index contributed by atoms with van der Waals surface area (Å²) in [6.45, 7) is 3.55. The maximum absolute atomic E-state index is 11.5. The summed E-state index contributed by atoms with van der Waals surface area (Å²) in [5, 5.41) is 9.52. The monoisotopic (exact) mass is 274 g/mol. The first-order chi connectivity index (χ1) is 8.69. The van der Waals surface area contributed by atoms with E-state index in [0.29, 0.717) is 24.9 Å². The van der Waals surface area contributed by atoms with Crippen LogP contribution in [0, 0.1) is 0 Å². The smallest absolute Gasteiger partial charge is 0.343 e. The predicted molar refractivity (Wildman–Crippen MR) is 68.7 cm³/mol. The number of nitrogens with one attached hydrogen (secondary N) is 2. The first-order valence-corrected chi connectivity index (χ1v) is 6.71. The van der Waals surface area contributed by atoms with Crippen molar-refractivity contribution in [1.82, 2.24) is 20.1 Å². The lowest BCUT2D eigenvalue weighted by Crippen LogP contribution is -2.28. The number of nitrogens with zero attached hydrogens (tertiary/aromatic N) is 2. The Morgan fingerprint density at radius 3 is 3.06 bits per heavy atom. The van der Waals surface area contributed by atoms with E-state index in [1.165, 1.54) is 16.3 Å². The van der Waals surface area contributed by atoms with Crippen molar-refractivity contribution in [1.29, 1.82) is 0 Å². The molecule has 8 heteroatoms. The van der Waals surface area contributed by atoms with Crippen LogP contribution in [-0.2, 0) is 16.1 Å². The Bertz CT molecular complexity index is 429. The molecule has 0 aliphatic rings. The molecule has 0 aliphatic carbocycles. The molecule has 0 atom stereocenters. The molecule has 0 aromatic carbocycles. The Balaban J connectivity index is 2.43. The first kappa shape index (κ1) is 14.8. The molecule has 0 fully saturated rings. The molecule has 102 valence electrons. The lowest BCUT2D eigenvalue weighted by Gasteiger charge is -2.05. The van der Waals surface area contributed by atoms with Gasteiger partial charge >= 0.3 is 5.69 Å². The topological polar surface area (TPSA) is 89.0 Å². The third kappa shape index (κ3) is 4.53. The average Bonchev–Trinajstić information content (AvgIpc) is 2.69. The summed E-state index contributed by atoms with van der Waals surface area (Å²) in [7, 11) is 1.58. The SMILES string of the molecule is CCCn1c(SCC(=O)NCCOC)n[nH]c1=O. The Morgan fingerprint density at radius 1 is 1.61 bits per heavy atom. The van der Waals surface area contributed by atoms with Crippen LogP contribution in [0.25, 0.3) is 0 Å². The highest BCUT2D eigenvalue weighted by molar-refractivity contribution is 7.99. The fraction of sp³-hybridized carbons (Fsp3) is 0.700. The fourth-order valence-electron chi connectivity index (χ4n) is 1.31. The highest BCUT2D eigenvalue weighted by Gasteiger charge is 2.10. The van der Waals surface area contributed by atoms with Crippen LogP contribution in [-0.4, -0.2) is 46.7 Å². The van der Waals surface area contributed by atoms with Gasteiger partial charge in [-0.1, -0.05) is 18.7 Å². The molecule has 7 nitrogen and oxygen atoms in total. The standard InChI is InChI=1S/C10H18N4O3S/c1-3-5-14-9(16)12-13-10(14)18-7-8(15)11-4-6-17-2/h3-7H2,1-2H3,(H,11,15)(H,12,16). The van der Waals surface area contributed by atoms with Gasteiger partial charge in [0, 0.05) is 20.2 Å². The third-order valence-corrected chi connectivity index (χ3v) is 3.11. The predicted octanol–water partition coefficient (Wildman–Crippen LogP) is -0.164. The van der Waals surface area contributed by atoms with E-state index in [4.69, 9.17) is 4.74 Å². The van der Waals surface area contributed by atoms with Crippen molar-refractivity contribution >= 4 is 17.7 Å². The molecule has 0 saturated heterocycles. The minimum atomic E-state index is -0.237. The lowest BCUT2D eigenvalue weighted by atomic mass is 10.5. The molecule has 0 spiro atoms. The summed E-state index contributed by atoms with van der Waals surface area (Å²) >= 11 is 1.24. The van der Waals surface area contributed by atoms with Gasteiger partial charge in [-0.2, -0.15) is 0 Å². The Labute approximate surface area is 109 Å². The zero-order chi connectivity index (χ0) is 13.4. The molecule has 1 amide bonds. The number of hydrogen-bond acceptors (Lipinski definition) is 5. The minimum absolute atomic E-state index is 0.101. The molecule has 0 aliphatic heterocycles. The molecule has 0 unspecified atom stereocenters. The molecule has 1 rings (SSSR count). The number of carbonyl (C=O) groups excluding carboxylic acids is 1. The van der Waals surface area contributed by atoms with Crippen LogP contribution in [0.15, 0.2) is 9.95 Å². The van der Waals surface area contributed by atoms with Crippen LogP contribution >= 0.6 is 11.8 Å². The van der Waals surface area contributed by atoms with Crippen molar-refractivity contribution in [3.63, 3.8) is 0 Å². The number of aromatic nitrogens is 3. The maximum Gasteiger partial charge on any atom is 0.343 e. The van der Waals surface area contributed by atoms with Crippen molar-refractivity contribution < 1.29 is 9.53 Å². The van der Waals surface area contributed by atoms with E-state index in [9.17, 15) is 9.59 Å². The molecule has 1 heterocycles. The fourth-order valence-corrected chi connectivity index (χ4v) is 2.11. The molecular weight excluding hydrogens is 256 g/mol. The highest BCUT2D eigenvalue weighted by atomic mass is 32.2. The normalized spacial score (nSPS) is 10.6. The molecular formula is C10H18N4O3S. The van der Waals surface area contributed by atoms with Crippen molar-refractivity contribution in [2.24, 2.45) is 0 Å². The number of amides is 1. The van der Waals surface area contributed by atoms with E-state index in [1.807, 2.05) is 6.92 Å². The molecule has 18 heavy (non-hydrogen) atoms. The zero-order valence-electron chi connectivity index (χ0n) is 10.6. The van der Waals surface area contributed by atoms with Crippen LogP contribution in [0.4, 0.5) is 0 Å². The molecule has 0 saturated carbocycles. The number of carbonyl (C=O) groups is 1. The van der Waals surface area contributed by atoms with E-state index < -0.39 is 0 Å². The van der Waals surface area contributed by atoms with Gasteiger partial charge in [0.1, 0.15) is 0 Å². The van der Waals surface area contributed by atoms with Crippen LogP contribution in [0.2, 0.25) is 0 Å². The summed E-state index contributed by atoms with van der Waals surface area (Å²) in [6.07, 6.45) is 0.840. The van der Waals surface area contributed by atoms with Crippen LogP contribution in [0.1, 0.15) is 13.3 Å². The summed E-state index contributed by atoms with van der Waals surface area (Å²) in [5.74, 6) is 0.133. The summed E-state index contributed by atoms with van der Waals surface area (Å²) in [5.41, 5.74) is -0.237. The Morgan fingerprint density at radius 2 is 2.39 bits per heavy atom. The van der Waals surface area contributed by atoms with Gasteiger partial charge in [0.05, 0.1) is 12.4 Å². The first-order valence-electron chi connectivity index (χ1n) is 5.72. The van der Waals surface area contributed by atoms with Crippen molar-refractivity contribution in [2.75, 3.05) is 26.0 Å². The summed E-state index contributed by atoms with van der Waals surface area (Å²) in [6, 6.07) is 0. The van der Waals surface area contributed by atoms with Gasteiger partial charge < -0.3 is 10.1 Å². The number of hydrogen-bond donors (Lipinski definition) is 2. The van der Waals surface area contributed by atoms with Crippen molar-refractivity contribution in [3.8, 4) is 0 Å². The number of ether oxygens (including phenoxy) is 1. The van der Waals surface area contributed by atoms with Gasteiger partial charge in [0.15, 0.2) is 5.16 Å². The van der Waals surface area contributed by atoms with E-state index in [1.54, 1.807) is 7.11 Å². The lowest BCUT2D eigenvalue weighted by molar-refractivity contribution is -0.118. The number of methoxy groups -OCH3 is 1. The molecule has 1 aromatic rings. The summed E-state index contributed by atoms with van der Waals surface area (Å²) < 4.78 is 6.36. The summed E-state index contributed by atoms with van der Waals surface area (Å²) in [4.78, 5) is 22.9. The zero-order valence-corrected chi connectivity index (χ0v) is 11.4. The van der Waals surface area contributed by atoms with Gasteiger partial charge in [-0.15, -0.1) is 5.10 Å². The average molecular weight is 274 g/mol. The third-order valence-electron chi connectivity index (χ3n) is 2.13. The number of thioether (sulfide) groups is 1. The van der Waals surface area contributed by atoms with Gasteiger partial charge in [0.2, 0.25) is 5.91 Å². The molecule has 0 radical (unpaired) electrons. The number of rotatable bonds is 8. The van der Waals surface area contributed by atoms with Crippen molar-refractivity contribution in [2.45, 2.75) is 25.0 Å².